The number of amides is 2. The van der Waals surface area contributed by atoms with Crippen LogP contribution < -0.4 is 10.2 Å². The molecule has 114 valence electrons. The van der Waals surface area contributed by atoms with E-state index in [1.807, 2.05) is 42.1 Å². The number of carboxylic acid groups (broad SMARTS) is 1. The normalized spacial score (nSPS) is 17.4. The van der Waals surface area contributed by atoms with Gasteiger partial charge in [0.15, 0.2) is 0 Å². The standard InChI is InChI=1S/C15H20N2O3S/c18-14(19)6-8-17(13-4-2-1-3-5-13)15(20)16-10-12-7-9-21-11-12/h1-5,12H,6-11H2,(H,16,20)(H,18,19). The fourth-order valence-corrected chi connectivity index (χ4v) is 3.52. The number of aliphatic carboxylic acids is 1. The van der Waals surface area contributed by atoms with Gasteiger partial charge in [-0.2, -0.15) is 11.8 Å². The van der Waals surface area contributed by atoms with Crippen molar-refractivity contribution in [3.05, 3.63) is 30.3 Å². The number of hydrogen-bond acceptors (Lipinski definition) is 3. The van der Waals surface area contributed by atoms with Gasteiger partial charge in [-0.1, -0.05) is 18.2 Å². The van der Waals surface area contributed by atoms with E-state index in [4.69, 9.17) is 5.11 Å². The average molecular weight is 308 g/mol. The van der Waals surface area contributed by atoms with Crippen LogP contribution in [0.2, 0.25) is 0 Å². The summed E-state index contributed by atoms with van der Waals surface area (Å²) in [6, 6.07) is 8.94. The van der Waals surface area contributed by atoms with Crippen LogP contribution in [0.15, 0.2) is 30.3 Å². The average Bonchev–Trinajstić information content (AvgIpc) is 2.99. The summed E-state index contributed by atoms with van der Waals surface area (Å²) in [6.45, 7) is 0.826. The summed E-state index contributed by atoms with van der Waals surface area (Å²) in [7, 11) is 0. The summed E-state index contributed by atoms with van der Waals surface area (Å²) >= 11 is 1.91. The molecule has 1 fully saturated rings. The van der Waals surface area contributed by atoms with E-state index in [0.29, 0.717) is 12.5 Å². The molecule has 0 spiro atoms. The number of hydrogen-bond donors (Lipinski definition) is 2. The Morgan fingerprint density at radius 2 is 2.10 bits per heavy atom. The van der Waals surface area contributed by atoms with Crippen molar-refractivity contribution in [3.63, 3.8) is 0 Å². The molecule has 1 atom stereocenters. The third kappa shape index (κ3) is 4.97. The first-order chi connectivity index (χ1) is 10.2. The number of rotatable bonds is 6. The maximum Gasteiger partial charge on any atom is 0.321 e. The Morgan fingerprint density at radius 1 is 1.33 bits per heavy atom. The number of anilines is 1. The zero-order valence-electron chi connectivity index (χ0n) is 11.8. The molecule has 1 aliphatic heterocycles. The molecule has 1 aromatic rings. The highest BCUT2D eigenvalue weighted by molar-refractivity contribution is 7.99. The molecule has 0 bridgehead atoms. The molecular weight excluding hydrogens is 288 g/mol. The van der Waals surface area contributed by atoms with Crippen molar-refractivity contribution in [2.24, 2.45) is 5.92 Å². The van der Waals surface area contributed by atoms with Gasteiger partial charge in [0.25, 0.3) is 0 Å². The molecule has 0 radical (unpaired) electrons. The Bertz CT molecular complexity index is 475. The van der Waals surface area contributed by atoms with Crippen molar-refractivity contribution in [1.82, 2.24) is 5.32 Å². The molecule has 1 saturated heterocycles. The molecule has 5 nitrogen and oxygen atoms in total. The molecule has 1 unspecified atom stereocenters. The van der Waals surface area contributed by atoms with Crippen LogP contribution in [0, 0.1) is 5.92 Å². The van der Waals surface area contributed by atoms with Crippen LogP contribution in [0.25, 0.3) is 0 Å². The second-order valence-corrected chi connectivity index (χ2v) is 6.20. The summed E-state index contributed by atoms with van der Waals surface area (Å²) in [5.41, 5.74) is 0.719. The highest BCUT2D eigenvalue weighted by atomic mass is 32.2. The van der Waals surface area contributed by atoms with Crippen LogP contribution in [-0.4, -0.2) is 41.7 Å². The molecule has 1 aromatic carbocycles. The Morgan fingerprint density at radius 3 is 2.71 bits per heavy atom. The van der Waals surface area contributed by atoms with Crippen LogP contribution >= 0.6 is 11.8 Å². The molecule has 1 heterocycles. The van der Waals surface area contributed by atoms with Crippen molar-refractivity contribution < 1.29 is 14.7 Å². The van der Waals surface area contributed by atoms with E-state index in [9.17, 15) is 9.59 Å². The summed E-state index contributed by atoms with van der Waals surface area (Å²) in [5, 5.41) is 11.8. The summed E-state index contributed by atoms with van der Waals surface area (Å²) in [5.74, 6) is 1.86. The fourth-order valence-electron chi connectivity index (χ4n) is 2.23. The zero-order chi connectivity index (χ0) is 15.1. The number of carbonyl (C=O) groups is 2. The Kier molecular flexibility index (Phi) is 5.92. The molecule has 0 aromatic heterocycles. The van der Waals surface area contributed by atoms with Crippen molar-refractivity contribution >= 4 is 29.4 Å². The number of carboxylic acids is 1. The second kappa shape index (κ2) is 7.93. The number of thioether (sulfide) groups is 1. The van der Waals surface area contributed by atoms with Gasteiger partial charge in [0.05, 0.1) is 6.42 Å². The maximum absolute atomic E-state index is 12.3. The van der Waals surface area contributed by atoms with Gasteiger partial charge < -0.3 is 10.4 Å². The van der Waals surface area contributed by atoms with E-state index in [-0.39, 0.29) is 19.0 Å². The minimum atomic E-state index is -0.907. The van der Waals surface area contributed by atoms with E-state index in [0.717, 1.165) is 23.6 Å². The first-order valence-corrected chi connectivity index (χ1v) is 8.22. The number of urea groups is 1. The minimum absolute atomic E-state index is 0.0679. The van der Waals surface area contributed by atoms with Crippen molar-refractivity contribution in [3.8, 4) is 0 Å². The van der Waals surface area contributed by atoms with Crippen molar-refractivity contribution in [2.45, 2.75) is 12.8 Å². The Hall–Kier alpha value is -1.69. The van der Waals surface area contributed by atoms with Gasteiger partial charge in [-0.3, -0.25) is 9.69 Å². The predicted molar refractivity (Wildman–Crippen MR) is 84.9 cm³/mol. The lowest BCUT2D eigenvalue weighted by Gasteiger charge is -2.23. The molecule has 21 heavy (non-hydrogen) atoms. The minimum Gasteiger partial charge on any atom is -0.481 e. The van der Waals surface area contributed by atoms with Crippen LogP contribution in [0.3, 0.4) is 0 Å². The van der Waals surface area contributed by atoms with Gasteiger partial charge >= 0.3 is 12.0 Å². The third-order valence-electron chi connectivity index (χ3n) is 3.43. The number of nitrogens with zero attached hydrogens (tertiary/aromatic N) is 1. The molecule has 2 rings (SSSR count). The first-order valence-electron chi connectivity index (χ1n) is 7.07. The zero-order valence-corrected chi connectivity index (χ0v) is 12.6. The first kappa shape index (κ1) is 15.7. The maximum atomic E-state index is 12.3. The summed E-state index contributed by atoms with van der Waals surface area (Å²) in [4.78, 5) is 24.6. The predicted octanol–water partition coefficient (Wildman–Crippen LogP) is 2.43. The SMILES string of the molecule is O=C(O)CCN(C(=O)NCC1CCSC1)c1ccccc1. The molecule has 0 saturated carbocycles. The number of benzene rings is 1. The number of nitrogens with one attached hydrogen (secondary N) is 1. The van der Waals surface area contributed by atoms with Gasteiger partial charge in [0, 0.05) is 18.8 Å². The highest BCUT2D eigenvalue weighted by Gasteiger charge is 2.20. The summed E-state index contributed by atoms with van der Waals surface area (Å²) < 4.78 is 0. The number of para-hydroxylation sites is 1. The highest BCUT2D eigenvalue weighted by Crippen LogP contribution is 2.22. The van der Waals surface area contributed by atoms with E-state index in [1.54, 1.807) is 0 Å². The molecule has 2 N–H and O–H groups in total. The van der Waals surface area contributed by atoms with E-state index in [1.165, 1.54) is 4.90 Å². The third-order valence-corrected chi connectivity index (χ3v) is 4.66. The van der Waals surface area contributed by atoms with Crippen LogP contribution in [0.5, 0.6) is 0 Å². The van der Waals surface area contributed by atoms with Gasteiger partial charge in [0.2, 0.25) is 0 Å². The Balaban J connectivity index is 1.96. The largest absolute Gasteiger partial charge is 0.481 e. The van der Waals surface area contributed by atoms with Crippen LogP contribution in [0.1, 0.15) is 12.8 Å². The van der Waals surface area contributed by atoms with Gasteiger partial charge in [-0.05, 0) is 36.0 Å². The van der Waals surface area contributed by atoms with Crippen molar-refractivity contribution in [1.29, 1.82) is 0 Å². The van der Waals surface area contributed by atoms with E-state index in [2.05, 4.69) is 5.32 Å². The van der Waals surface area contributed by atoms with Gasteiger partial charge in [-0.25, -0.2) is 4.79 Å². The Labute approximate surface area is 128 Å². The molecule has 1 aliphatic rings. The van der Waals surface area contributed by atoms with E-state index < -0.39 is 5.97 Å². The van der Waals surface area contributed by atoms with Gasteiger partial charge in [0.1, 0.15) is 0 Å². The lowest BCUT2D eigenvalue weighted by molar-refractivity contribution is -0.136. The molecule has 2 amide bonds. The summed E-state index contributed by atoms with van der Waals surface area (Å²) in [6.07, 6.45) is 1.06. The van der Waals surface area contributed by atoms with Crippen LogP contribution in [-0.2, 0) is 4.79 Å². The fraction of sp³-hybridized carbons (Fsp3) is 0.467. The van der Waals surface area contributed by atoms with Gasteiger partial charge in [-0.15, -0.1) is 0 Å². The van der Waals surface area contributed by atoms with E-state index >= 15 is 0 Å². The molecule has 6 heteroatoms. The van der Waals surface area contributed by atoms with Crippen molar-refractivity contribution in [2.75, 3.05) is 29.5 Å². The molecule has 0 aliphatic carbocycles. The van der Waals surface area contributed by atoms with Crippen LogP contribution in [0.4, 0.5) is 10.5 Å². The second-order valence-electron chi connectivity index (χ2n) is 5.05. The smallest absolute Gasteiger partial charge is 0.321 e. The quantitative estimate of drug-likeness (QED) is 0.847. The lowest BCUT2D eigenvalue weighted by Crippen LogP contribution is -2.43. The monoisotopic (exact) mass is 308 g/mol. The lowest BCUT2D eigenvalue weighted by atomic mass is 10.1. The number of carbonyl (C=O) groups excluding carboxylic acids is 1. The topological polar surface area (TPSA) is 69.6 Å². The molecular formula is C15H20N2O3S.